The lowest BCUT2D eigenvalue weighted by Gasteiger charge is -2.21. The molecule has 0 radical (unpaired) electrons. The van der Waals surface area contributed by atoms with Crippen LogP contribution in [0.2, 0.25) is 0 Å². The van der Waals surface area contributed by atoms with E-state index < -0.39 is 0 Å². The van der Waals surface area contributed by atoms with Gasteiger partial charge in [0, 0.05) is 0 Å². The maximum atomic E-state index is 4.07. The molecule has 1 heteroatoms. The molecule has 0 heterocycles. The first-order chi connectivity index (χ1) is 4.98. The average Bonchev–Trinajstić information content (AvgIpc) is 1.86. The van der Waals surface area contributed by atoms with Crippen molar-refractivity contribution >= 4 is 0 Å². The first-order valence-electron chi connectivity index (χ1n) is 4.31. The van der Waals surface area contributed by atoms with Gasteiger partial charge >= 0.3 is 0 Å². The van der Waals surface area contributed by atoms with Crippen LogP contribution in [0.1, 0.15) is 33.6 Å². The number of rotatable bonds is 4. The maximum absolute atomic E-state index is 4.07. The fourth-order valence-corrected chi connectivity index (χ4v) is 0.854. The topological polar surface area (TPSA) is 12.0 Å². The molecule has 0 aliphatic rings. The highest BCUT2D eigenvalue weighted by Crippen LogP contribution is 2.26. The third-order valence-electron chi connectivity index (χ3n) is 1.97. The van der Waals surface area contributed by atoms with E-state index in [1.807, 2.05) is 7.05 Å². The van der Waals surface area contributed by atoms with Crippen LogP contribution in [-0.4, -0.2) is 13.6 Å². The molecule has 0 fully saturated rings. The second-order valence-corrected chi connectivity index (χ2v) is 4.06. The Hall–Kier alpha value is -0.300. The molecule has 0 unspecified atom stereocenters. The van der Waals surface area contributed by atoms with Crippen molar-refractivity contribution in [2.75, 3.05) is 13.6 Å². The normalized spacial score (nSPS) is 11.6. The quantitative estimate of drug-likeness (QED) is 0.486. The van der Waals surface area contributed by atoms with Crippen LogP contribution in [-0.2, 0) is 0 Å². The Bertz CT molecular complexity index is 119. The van der Waals surface area contributed by atoms with Gasteiger partial charge in [-0.3, -0.25) is 0 Å². The van der Waals surface area contributed by atoms with Gasteiger partial charge in [-0.2, -0.15) is 0 Å². The molecule has 0 atom stereocenters. The van der Waals surface area contributed by atoms with E-state index in [0.717, 1.165) is 13.0 Å². The first kappa shape index (κ1) is 10.7. The van der Waals surface area contributed by atoms with Crippen LogP contribution < -0.4 is 5.32 Å². The molecule has 0 spiro atoms. The Labute approximate surface area is 70.9 Å². The Balaban J connectivity index is 3.54. The molecule has 0 aliphatic carbocycles. The highest BCUT2D eigenvalue weighted by Gasteiger charge is 2.13. The zero-order chi connectivity index (χ0) is 8.91. The van der Waals surface area contributed by atoms with Crippen molar-refractivity contribution in [2.45, 2.75) is 33.6 Å². The van der Waals surface area contributed by atoms with Gasteiger partial charge in [-0.15, -0.1) is 0 Å². The van der Waals surface area contributed by atoms with E-state index in [9.17, 15) is 0 Å². The minimum atomic E-state index is 0.285. The fraction of sp³-hybridized carbons (Fsp3) is 0.800. The monoisotopic (exact) mass is 155 g/mol. The summed E-state index contributed by atoms with van der Waals surface area (Å²) in [7, 11) is 1.99. The van der Waals surface area contributed by atoms with Gasteiger partial charge in [0.15, 0.2) is 0 Å². The van der Waals surface area contributed by atoms with Gasteiger partial charge in [-0.1, -0.05) is 32.9 Å². The summed E-state index contributed by atoms with van der Waals surface area (Å²) in [5.74, 6) is 0. The molecule has 0 aromatic heterocycles. The predicted molar refractivity (Wildman–Crippen MR) is 51.8 cm³/mol. The van der Waals surface area contributed by atoms with E-state index >= 15 is 0 Å². The molecule has 0 aromatic rings. The Morgan fingerprint density at radius 2 is 1.91 bits per heavy atom. The first-order valence-corrected chi connectivity index (χ1v) is 4.31. The van der Waals surface area contributed by atoms with Crippen molar-refractivity contribution in [3.8, 4) is 0 Å². The molecule has 1 N–H and O–H groups in total. The van der Waals surface area contributed by atoms with Crippen LogP contribution in [0.4, 0.5) is 0 Å². The minimum Gasteiger partial charge on any atom is -0.320 e. The molecule has 11 heavy (non-hydrogen) atoms. The highest BCUT2D eigenvalue weighted by atomic mass is 14.8. The smallest absolute Gasteiger partial charge is 0.00489 e. The molecule has 66 valence electrons. The number of hydrogen-bond donors (Lipinski definition) is 1. The zero-order valence-electron chi connectivity index (χ0n) is 8.33. The van der Waals surface area contributed by atoms with Crippen molar-refractivity contribution in [2.24, 2.45) is 5.41 Å². The van der Waals surface area contributed by atoms with Crippen molar-refractivity contribution < 1.29 is 0 Å². The molecule has 0 saturated carbocycles. The van der Waals surface area contributed by atoms with Gasteiger partial charge in [0.05, 0.1) is 0 Å². The Morgan fingerprint density at radius 1 is 1.36 bits per heavy atom. The third kappa shape index (κ3) is 5.02. The molecular formula is C10H21N. The van der Waals surface area contributed by atoms with Gasteiger partial charge in [-0.05, 0) is 31.8 Å². The van der Waals surface area contributed by atoms with Gasteiger partial charge in [0.2, 0.25) is 0 Å². The molecule has 0 saturated heterocycles. The summed E-state index contributed by atoms with van der Waals surface area (Å²) < 4.78 is 0. The fourth-order valence-electron chi connectivity index (χ4n) is 0.854. The van der Waals surface area contributed by atoms with Crippen molar-refractivity contribution in [3.05, 3.63) is 12.2 Å². The average molecular weight is 155 g/mol. The SMILES string of the molecule is C=C(CCCNC)C(C)(C)C. The maximum Gasteiger partial charge on any atom is -0.00489 e. The number of nitrogens with one attached hydrogen (secondary N) is 1. The lowest BCUT2D eigenvalue weighted by atomic mass is 9.85. The van der Waals surface area contributed by atoms with Crippen LogP contribution in [0.15, 0.2) is 12.2 Å². The van der Waals surface area contributed by atoms with Gasteiger partial charge < -0.3 is 5.32 Å². The summed E-state index contributed by atoms with van der Waals surface area (Å²) in [6.45, 7) is 11.8. The van der Waals surface area contributed by atoms with Gasteiger partial charge in [0.1, 0.15) is 0 Å². The molecule has 0 aliphatic heterocycles. The standard InChI is InChI=1S/C10H21N/c1-9(10(2,3)4)7-6-8-11-5/h11H,1,6-8H2,2-5H3. The molecule has 0 rings (SSSR count). The summed E-state index contributed by atoms with van der Waals surface area (Å²) in [6, 6.07) is 0. The van der Waals surface area contributed by atoms with E-state index in [-0.39, 0.29) is 5.41 Å². The van der Waals surface area contributed by atoms with Crippen LogP contribution in [0, 0.1) is 5.41 Å². The highest BCUT2D eigenvalue weighted by molar-refractivity contribution is 5.04. The summed E-state index contributed by atoms with van der Waals surface area (Å²) in [5.41, 5.74) is 1.64. The number of allylic oxidation sites excluding steroid dienone is 1. The summed E-state index contributed by atoms with van der Waals surface area (Å²) in [5, 5.41) is 3.13. The van der Waals surface area contributed by atoms with E-state index in [1.165, 1.54) is 12.0 Å². The molecule has 0 aromatic carbocycles. The molecule has 0 bridgehead atoms. The molecule has 1 nitrogen and oxygen atoms in total. The van der Waals surface area contributed by atoms with Crippen LogP contribution in [0.3, 0.4) is 0 Å². The van der Waals surface area contributed by atoms with E-state index in [1.54, 1.807) is 0 Å². The van der Waals surface area contributed by atoms with Crippen molar-refractivity contribution in [1.29, 1.82) is 0 Å². The van der Waals surface area contributed by atoms with Crippen molar-refractivity contribution in [3.63, 3.8) is 0 Å². The van der Waals surface area contributed by atoms with Crippen molar-refractivity contribution in [1.82, 2.24) is 5.32 Å². The van der Waals surface area contributed by atoms with E-state index in [0.29, 0.717) is 0 Å². The largest absolute Gasteiger partial charge is 0.320 e. The van der Waals surface area contributed by atoms with Crippen LogP contribution in [0.25, 0.3) is 0 Å². The summed E-state index contributed by atoms with van der Waals surface area (Å²) in [6.07, 6.45) is 2.34. The predicted octanol–water partition coefficient (Wildman–Crippen LogP) is 2.59. The van der Waals surface area contributed by atoms with E-state index in [2.05, 4.69) is 32.7 Å². The lowest BCUT2D eigenvalue weighted by Crippen LogP contribution is -2.12. The second-order valence-electron chi connectivity index (χ2n) is 4.06. The van der Waals surface area contributed by atoms with Gasteiger partial charge in [0.25, 0.3) is 0 Å². The zero-order valence-corrected chi connectivity index (χ0v) is 8.33. The summed E-state index contributed by atoms with van der Waals surface area (Å²) in [4.78, 5) is 0. The number of hydrogen-bond acceptors (Lipinski definition) is 1. The van der Waals surface area contributed by atoms with E-state index in [4.69, 9.17) is 0 Å². The van der Waals surface area contributed by atoms with Crippen LogP contribution in [0.5, 0.6) is 0 Å². The summed E-state index contributed by atoms with van der Waals surface area (Å²) >= 11 is 0. The Morgan fingerprint density at radius 3 is 2.27 bits per heavy atom. The van der Waals surface area contributed by atoms with Crippen LogP contribution >= 0.6 is 0 Å². The van der Waals surface area contributed by atoms with Gasteiger partial charge in [-0.25, -0.2) is 0 Å². The molecular weight excluding hydrogens is 134 g/mol. The molecule has 0 amide bonds. The minimum absolute atomic E-state index is 0.285. The third-order valence-corrected chi connectivity index (χ3v) is 1.97. The second kappa shape index (κ2) is 4.55. The lowest BCUT2D eigenvalue weighted by molar-refractivity contribution is 0.477. The Kier molecular flexibility index (Phi) is 4.43.